The van der Waals surface area contributed by atoms with Crippen LogP contribution in [0.25, 0.3) is 6.08 Å². The highest BCUT2D eigenvalue weighted by Gasteiger charge is 2.78. The molecule has 56 heavy (non-hydrogen) atoms. The van der Waals surface area contributed by atoms with Crippen molar-refractivity contribution in [2.24, 2.45) is 4.99 Å². The number of hydrogen-bond acceptors (Lipinski definition) is 6. The number of aliphatic imine (C=N–C) groups is 1. The lowest BCUT2D eigenvalue weighted by molar-refractivity contribution is -0.139. The Balaban J connectivity index is 1.20. The summed E-state index contributed by atoms with van der Waals surface area (Å²) in [7, 11) is 1.94. The van der Waals surface area contributed by atoms with Crippen molar-refractivity contribution in [3.05, 3.63) is 188 Å². The number of thioether (sulfide) groups is 1. The van der Waals surface area contributed by atoms with E-state index in [0.717, 1.165) is 45.6 Å². The highest BCUT2D eigenvalue weighted by Crippen LogP contribution is 2.68. The molecule has 5 aromatic rings. The maximum absolute atomic E-state index is 16.3. The molecule has 4 atom stereocenters. The second-order valence-corrected chi connectivity index (χ2v) is 17.2. The van der Waals surface area contributed by atoms with E-state index in [1.165, 1.54) is 17.3 Å². The van der Waals surface area contributed by atoms with Crippen molar-refractivity contribution < 1.29 is 9.59 Å². The summed E-state index contributed by atoms with van der Waals surface area (Å²) in [6.45, 7) is 2.41. The van der Waals surface area contributed by atoms with Crippen LogP contribution in [0.2, 0.25) is 10.0 Å². The molecule has 0 radical (unpaired) electrons. The Labute approximate surface area is 340 Å². The summed E-state index contributed by atoms with van der Waals surface area (Å²) in [5.41, 5.74) is 7.17. The minimum atomic E-state index is -1.39. The van der Waals surface area contributed by atoms with Crippen LogP contribution in [0.4, 0.5) is 5.69 Å². The van der Waals surface area contributed by atoms with Gasteiger partial charge in [-0.1, -0.05) is 150 Å². The topological polar surface area (TPSA) is 68.2 Å². The maximum Gasteiger partial charge on any atom is 0.251 e. The van der Waals surface area contributed by atoms with Gasteiger partial charge in [-0.3, -0.25) is 24.3 Å². The van der Waals surface area contributed by atoms with Crippen LogP contribution < -0.4 is 5.32 Å². The van der Waals surface area contributed by atoms with Crippen LogP contribution in [0, 0.1) is 0 Å². The predicted octanol–water partition coefficient (Wildman–Crippen LogP) is 9.15. The number of amidine groups is 1. The monoisotopic (exact) mass is 793 g/mol. The summed E-state index contributed by atoms with van der Waals surface area (Å²) in [5.74, 6) is -0.896. The second-order valence-electron chi connectivity index (χ2n) is 15.1. The molecule has 7 nitrogen and oxygen atoms in total. The van der Waals surface area contributed by atoms with Crippen molar-refractivity contribution >= 4 is 63.7 Å². The van der Waals surface area contributed by atoms with Gasteiger partial charge in [0.15, 0.2) is 10.7 Å². The first-order valence-corrected chi connectivity index (χ1v) is 20.4. The van der Waals surface area contributed by atoms with E-state index in [1.807, 2.05) is 90.8 Å². The number of para-hydroxylation sites is 1. The molecule has 1 N–H and O–H groups in total. The van der Waals surface area contributed by atoms with Gasteiger partial charge in [0.1, 0.15) is 4.75 Å². The molecule has 0 bridgehead atoms. The molecule has 5 aliphatic rings. The molecule has 0 aliphatic carbocycles. The van der Waals surface area contributed by atoms with E-state index in [9.17, 15) is 4.79 Å². The zero-order valence-corrected chi connectivity index (χ0v) is 32.9. The zero-order valence-electron chi connectivity index (χ0n) is 30.5. The molecule has 0 unspecified atom stereocenters. The number of nitrogens with zero attached hydrogens (tertiary/aromatic N) is 4. The zero-order chi connectivity index (χ0) is 38.2. The van der Waals surface area contributed by atoms with Crippen LogP contribution in [0.3, 0.4) is 0 Å². The first-order chi connectivity index (χ1) is 27.3. The SMILES string of the molecule is CN1C[C@@H](c2ccc(Cl)cc2Cl)[C@@]2(SC3=NC4=C(CN(Cc5ccccc5)C/C4=C\c4ccccc4)[C@@H](c4ccccc4)N3C2=O)[C@@]12C(=O)Nc1ccccc12. The normalized spacial score (nSPS) is 26.5. The van der Waals surface area contributed by atoms with Gasteiger partial charge < -0.3 is 5.32 Å². The number of amides is 2. The van der Waals surface area contributed by atoms with Gasteiger partial charge in [0, 0.05) is 53.4 Å². The number of halogens is 2. The Bertz CT molecular complexity index is 2510. The summed E-state index contributed by atoms with van der Waals surface area (Å²) in [5, 5.41) is 4.73. The van der Waals surface area contributed by atoms with Gasteiger partial charge in [-0.15, -0.1) is 0 Å². The Morgan fingerprint density at radius 1 is 0.857 bits per heavy atom. The minimum Gasteiger partial charge on any atom is -0.324 e. The number of benzene rings is 5. The lowest BCUT2D eigenvalue weighted by Gasteiger charge is -2.43. The first-order valence-electron chi connectivity index (χ1n) is 18.8. The van der Waals surface area contributed by atoms with Crippen LogP contribution in [-0.2, 0) is 21.7 Å². The lowest BCUT2D eigenvalue weighted by atomic mass is 9.71. The van der Waals surface area contributed by atoms with E-state index in [-0.39, 0.29) is 11.8 Å². The van der Waals surface area contributed by atoms with Gasteiger partial charge >= 0.3 is 0 Å². The molecular weight excluding hydrogens is 758 g/mol. The molecule has 10 heteroatoms. The van der Waals surface area contributed by atoms with Gasteiger partial charge in [0.25, 0.3) is 5.91 Å². The fourth-order valence-corrected chi connectivity index (χ4v) is 12.0. The van der Waals surface area contributed by atoms with Crippen LogP contribution in [0.5, 0.6) is 0 Å². The number of nitrogens with one attached hydrogen (secondary N) is 1. The molecule has 5 heterocycles. The molecular formula is C46H37Cl2N5O2S. The van der Waals surface area contributed by atoms with Crippen LogP contribution >= 0.6 is 35.0 Å². The number of likely N-dealkylation sites (N-methyl/N-ethyl adjacent to an activating group) is 1. The van der Waals surface area contributed by atoms with Crippen LogP contribution in [-0.4, -0.2) is 63.1 Å². The minimum absolute atomic E-state index is 0.164. The second kappa shape index (κ2) is 13.6. The van der Waals surface area contributed by atoms with Gasteiger partial charge in [-0.2, -0.15) is 0 Å². The summed E-state index contributed by atoms with van der Waals surface area (Å²) in [4.78, 5) is 43.1. The van der Waals surface area contributed by atoms with E-state index >= 15 is 4.79 Å². The van der Waals surface area contributed by atoms with Crippen molar-refractivity contribution in [3.8, 4) is 0 Å². The van der Waals surface area contributed by atoms with Gasteiger partial charge in [-0.05, 0) is 64.7 Å². The number of carbonyl (C=O) groups excluding carboxylic acids is 2. The van der Waals surface area contributed by atoms with Crippen molar-refractivity contribution in [3.63, 3.8) is 0 Å². The third kappa shape index (κ3) is 5.23. The Morgan fingerprint density at radius 3 is 2.30 bits per heavy atom. The molecule has 5 aromatic carbocycles. The Morgan fingerprint density at radius 2 is 1.55 bits per heavy atom. The van der Waals surface area contributed by atoms with Crippen LogP contribution in [0.1, 0.15) is 39.8 Å². The van der Waals surface area contributed by atoms with Gasteiger partial charge in [0.05, 0.1) is 11.7 Å². The molecule has 2 fully saturated rings. The standard InChI is InChI=1S/C46H37Cl2N5O2S/c1-51-28-37(34-22-21-33(47)24-38(34)48)46(45(51)36-19-11-12-20-39(36)49-42(45)54)43(55)53-41(31-17-9-4-10-18-31)35-27-52(25-30-15-7-3-8-16-30)26-32(40(35)50-44(53)56-46)23-29-13-5-2-6-14-29/h2-24,37,41H,25-28H2,1H3,(H,49,54)/b32-23+/t37-,41+,45+,46-/m0/s1. The molecule has 5 aliphatic heterocycles. The van der Waals surface area contributed by atoms with Crippen molar-refractivity contribution in [1.82, 2.24) is 14.7 Å². The molecule has 2 saturated heterocycles. The third-order valence-corrected chi connectivity index (χ3v) is 14.1. The lowest BCUT2D eigenvalue weighted by Crippen LogP contribution is -2.62. The first kappa shape index (κ1) is 35.5. The van der Waals surface area contributed by atoms with Crippen LogP contribution in [0.15, 0.2) is 155 Å². The van der Waals surface area contributed by atoms with E-state index in [2.05, 4.69) is 69.7 Å². The number of anilines is 1. The third-order valence-electron chi connectivity index (χ3n) is 12.0. The van der Waals surface area contributed by atoms with Crippen molar-refractivity contribution in [1.29, 1.82) is 0 Å². The molecule has 2 amide bonds. The number of likely N-dealkylation sites (tertiary alicyclic amines) is 1. The molecule has 0 aromatic heterocycles. The molecule has 0 saturated carbocycles. The highest BCUT2D eigenvalue weighted by atomic mass is 35.5. The van der Waals surface area contributed by atoms with Crippen molar-refractivity contribution in [2.45, 2.75) is 28.8 Å². The summed E-state index contributed by atoms with van der Waals surface area (Å²) >= 11 is 14.9. The Kier molecular flexibility index (Phi) is 8.62. The summed E-state index contributed by atoms with van der Waals surface area (Å²) in [6.07, 6.45) is 2.23. The number of carbonyl (C=O) groups is 2. The number of fused-ring (bicyclic) bond motifs is 4. The summed E-state index contributed by atoms with van der Waals surface area (Å²) in [6, 6.07) is 43.8. The molecule has 2 spiro atoms. The average molecular weight is 795 g/mol. The molecule has 278 valence electrons. The van der Waals surface area contributed by atoms with E-state index in [1.54, 1.807) is 6.07 Å². The molecule has 10 rings (SSSR count). The fourth-order valence-electron chi connectivity index (χ4n) is 9.73. The van der Waals surface area contributed by atoms with E-state index in [4.69, 9.17) is 28.2 Å². The van der Waals surface area contributed by atoms with Gasteiger partial charge in [-0.25, -0.2) is 4.99 Å². The van der Waals surface area contributed by atoms with E-state index < -0.39 is 22.2 Å². The fraction of sp³-hybridized carbons (Fsp3) is 0.196. The largest absolute Gasteiger partial charge is 0.324 e. The maximum atomic E-state index is 16.3. The van der Waals surface area contributed by atoms with Gasteiger partial charge in [0.2, 0.25) is 5.91 Å². The number of rotatable bonds is 5. The smallest absolute Gasteiger partial charge is 0.251 e. The average Bonchev–Trinajstić information content (AvgIpc) is 3.78. The van der Waals surface area contributed by atoms with E-state index in [0.29, 0.717) is 40.5 Å². The summed E-state index contributed by atoms with van der Waals surface area (Å²) < 4.78 is -1.39. The Hall–Kier alpha value is -4.96. The highest BCUT2D eigenvalue weighted by molar-refractivity contribution is 8.16. The van der Waals surface area contributed by atoms with Crippen molar-refractivity contribution in [2.75, 3.05) is 32.0 Å². The predicted molar refractivity (Wildman–Crippen MR) is 226 cm³/mol. The quantitative estimate of drug-likeness (QED) is 0.192. The number of hydrogen-bond donors (Lipinski definition) is 1.